The first-order valence-electron chi connectivity index (χ1n) is 9.72. The molecule has 7 nitrogen and oxygen atoms in total. The van der Waals surface area contributed by atoms with Crippen LogP contribution in [0, 0.1) is 0 Å². The topological polar surface area (TPSA) is 84.9 Å². The van der Waals surface area contributed by atoms with Crippen molar-refractivity contribution in [3.8, 4) is 5.75 Å². The number of methoxy groups -OCH3 is 1. The van der Waals surface area contributed by atoms with Gasteiger partial charge in [-0.1, -0.05) is 45.0 Å². The van der Waals surface area contributed by atoms with Crippen LogP contribution >= 0.6 is 0 Å². The summed E-state index contributed by atoms with van der Waals surface area (Å²) in [7, 11) is 1.29. The quantitative estimate of drug-likeness (QED) is 0.780. The molecule has 0 aliphatic carbocycles. The third kappa shape index (κ3) is 4.15. The Morgan fingerprint density at radius 2 is 1.83 bits per heavy atom. The fraction of sp³-hybridized carbons (Fsp3) is 0.348. The predicted molar refractivity (Wildman–Crippen MR) is 114 cm³/mol. The van der Waals surface area contributed by atoms with E-state index in [2.05, 4.69) is 5.32 Å². The average molecular weight is 410 g/mol. The van der Waals surface area contributed by atoms with Gasteiger partial charge in [0.2, 0.25) is 5.91 Å². The van der Waals surface area contributed by atoms with Crippen LogP contribution in [0.1, 0.15) is 43.6 Å². The van der Waals surface area contributed by atoms with E-state index in [4.69, 9.17) is 9.47 Å². The minimum atomic E-state index is -0.694. The lowest BCUT2D eigenvalue weighted by atomic mass is 9.84. The highest BCUT2D eigenvalue weighted by Crippen LogP contribution is 2.35. The van der Waals surface area contributed by atoms with Gasteiger partial charge < -0.3 is 14.8 Å². The number of ether oxygens (including phenoxy) is 2. The van der Waals surface area contributed by atoms with Crippen molar-refractivity contribution in [2.24, 2.45) is 0 Å². The van der Waals surface area contributed by atoms with Crippen molar-refractivity contribution in [1.82, 2.24) is 0 Å². The molecule has 0 unspecified atom stereocenters. The van der Waals surface area contributed by atoms with Crippen LogP contribution in [-0.2, 0) is 19.7 Å². The van der Waals surface area contributed by atoms with Crippen LogP contribution in [0.4, 0.5) is 11.4 Å². The van der Waals surface area contributed by atoms with E-state index in [1.54, 1.807) is 37.3 Å². The van der Waals surface area contributed by atoms with E-state index in [1.165, 1.54) is 12.0 Å². The van der Waals surface area contributed by atoms with Gasteiger partial charge in [0, 0.05) is 0 Å². The summed E-state index contributed by atoms with van der Waals surface area (Å²) >= 11 is 0. The molecule has 0 saturated carbocycles. The molecule has 0 bridgehead atoms. The average Bonchev–Trinajstić information content (AvgIpc) is 2.70. The fourth-order valence-electron chi connectivity index (χ4n) is 3.44. The van der Waals surface area contributed by atoms with Gasteiger partial charge >= 0.3 is 5.97 Å². The summed E-state index contributed by atoms with van der Waals surface area (Å²) in [5, 5.41) is 2.84. The molecule has 1 aliphatic heterocycles. The molecule has 2 aromatic carbocycles. The Balaban J connectivity index is 1.94. The van der Waals surface area contributed by atoms with E-state index >= 15 is 0 Å². The van der Waals surface area contributed by atoms with Gasteiger partial charge in [-0.2, -0.15) is 0 Å². The Labute approximate surface area is 176 Å². The van der Waals surface area contributed by atoms with Crippen LogP contribution in [0.2, 0.25) is 0 Å². The van der Waals surface area contributed by atoms with Crippen molar-refractivity contribution in [1.29, 1.82) is 0 Å². The lowest BCUT2D eigenvalue weighted by molar-refractivity contribution is -0.127. The fourth-order valence-corrected chi connectivity index (χ4v) is 3.44. The lowest BCUT2D eigenvalue weighted by Crippen LogP contribution is -2.47. The van der Waals surface area contributed by atoms with Crippen molar-refractivity contribution < 1.29 is 23.9 Å². The number of hydrogen-bond acceptors (Lipinski definition) is 5. The standard InChI is InChI=1S/C23H26N2O5/c1-14-21(27)25(17-11-6-7-12-18(17)30-14)13-19(26)24-20-15(22(28)29-5)9-8-10-16(20)23(2,3)4/h6-12,14H,13H2,1-5H3,(H,24,26)/t14-/m0/s1. The van der Waals surface area contributed by atoms with Gasteiger partial charge in [0.05, 0.1) is 24.0 Å². The largest absolute Gasteiger partial charge is 0.479 e. The number of rotatable bonds is 4. The summed E-state index contributed by atoms with van der Waals surface area (Å²) in [6.07, 6.45) is -0.694. The molecule has 1 heterocycles. The molecule has 0 spiro atoms. The maximum absolute atomic E-state index is 13.0. The third-order valence-corrected chi connectivity index (χ3v) is 4.92. The molecule has 30 heavy (non-hydrogen) atoms. The Hall–Kier alpha value is -3.35. The number of amides is 2. The third-order valence-electron chi connectivity index (χ3n) is 4.92. The van der Waals surface area contributed by atoms with Gasteiger partial charge in [-0.15, -0.1) is 0 Å². The molecule has 158 valence electrons. The van der Waals surface area contributed by atoms with Gasteiger partial charge in [0.25, 0.3) is 5.91 Å². The minimum Gasteiger partial charge on any atom is -0.479 e. The van der Waals surface area contributed by atoms with Gasteiger partial charge in [0.15, 0.2) is 6.10 Å². The number of hydrogen-bond donors (Lipinski definition) is 1. The van der Waals surface area contributed by atoms with Crippen LogP contribution in [0.25, 0.3) is 0 Å². The molecule has 0 radical (unpaired) electrons. The molecule has 2 amide bonds. The first kappa shape index (κ1) is 21.4. The number of carbonyl (C=O) groups is 3. The highest BCUT2D eigenvalue weighted by molar-refractivity contribution is 6.08. The number of fused-ring (bicyclic) bond motifs is 1. The minimum absolute atomic E-state index is 0.206. The van der Waals surface area contributed by atoms with Crippen molar-refractivity contribution in [2.75, 3.05) is 23.9 Å². The molecule has 3 rings (SSSR count). The SMILES string of the molecule is COC(=O)c1cccc(C(C)(C)C)c1NC(=O)CN1C(=O)[C@H](C)Oc2ccccc21. The monoisotopic (exact) mass is 410 g/mol. The molecule has 0 aromatic heterocycles. The van der Waals surface area contributed by atoms with E-state index in [-0.39, 0.29) is 23.4 Å². The van der Waals surface area contributed by atoms with Crippen molar-refractivity contribution in [3.05, 3.63) is 53.6 Å². The van der Waals surface area contributed by atoms with Crippen LogP contribution in [-0.4, -0.2) is 37.5 Å². The number of para-hydroxylation sites is 3. The summed E-state index contributed by atoms with van der Waals surface area (Å²) in [5.41, 5.74) is 1.65. The van der Waals surface area contributed by atoms with Gasteiger partial charge in [-0.05, 0) is 36.1 Å². The van der Waals surface area contributed by atoms with Crippen molar-refractivity contribution >= 4 is 29.2 Å². The maximum atomic E-state index is 13.0. The van der Waals surface area contributed by atoms with E-state index in [0.29, 0.717) is 17.1 Å². The smallest absolute Gasteiger partial charge is 0.339 e. The van der Waals surface area contributed by atoms with E-state index in [9.17, 15) is 14.4 Å². The van der Waals surface area contributed by atoms with Crippen LogP contribution in [0.3, 0.4) is 0 Å². The zero-order valence-corrected chi connectivity index (χ0v) is 17.8. The van der Waals surface area contributed by atoms with Crippen molar-refractivity contribution in [2.45, 2.75) is 39.2 Å². The second-order valence-corrected chi connectivity index (χ2v) is 8.17. The predicted octanol–water partition coefficient (Wildman–Crippen LogP) is 3.52. The molecule has 7 heteroatoms. The summed E-state index contributed by atoms with van der Waals surface area (Å²) in [6.45, 7) is 7.41. The van der Waals surface area contributed by atoms with Crippen LogP contribution < -0.4 is 15.0 Å². The number of benzene rings is 2. The zero-order chi connectivity index (χ0) is 22.1. The molecule has 2 aromatic rings. The maximum Gasteiger partial charge on any atom is 0.339 e. The molecular weight excluding hydrogens is 384 g/mol. The van der Waals surface area contributed by atoms with Crippen LogP contribution in [0.5, 0.6) is 5.75 Å². The van der Waals surface area contributed by atoms with E-state index < -0.39 is 18.0 Å². The second kappa shape index (κ2) is 8.18. The van der Waals surface area contributed by atoms with E-state index in [0.717, 1.165) is 5.56 Å². The Kier molecular flexibility index (Phi) is 5.82. The van der Waals surface area contributed by atoms with Gasteiger partial charge in [-0.25, -0.2) is 4.79 Å². The number of nitrogens with one attached hydrogen (secondary N) is 1. The van der Waals surface area contributed by atoms with Gasteiger partial charge in [-0.3, -0.25) is 14.5 Å². The van der Waals surface area contributed by atoms with E-state index in [1.807, 2.05) is 32.9 Å². The first-order valence-corrected chi connectivity index (χ1v) is 9.72. The summed E-state index contributed by atoms with van der Waals surface area (Å²) < 4.78 is 10.5. The molecule has 1 atom stereocenters. The molecule has 1 N–H and O–H groups in total. The highest BCUT2D eigenvalue weighted by atomic mass is 16.5. The Morgan fingerprint density at radius 1 is 1.13 bits per heavy atom. The highest BCUT2D eigenvalue weighted by Gasteiger charge is 2.33. The number of esters is 1. The Morgan fingerprint density at radius 3 is 2.50 bits per heavy atom. The van der Waals surface area contributed by atoms with Gasteiger partial charge in [0.1, 0.15) is 12.3 Å². The molecular formula is C23H26N2O5. The van der Waals surface area contributed by atoms with Crippen LogP contribution in [0.15, 0.2) is 42.5 Å². The Bertz CT molecular complexity index is 993. The lowest BCUT2D eigenvalue weighted by Gasteiger charge is -2.32. The second-order valence-electron chi connectivity index (χ2n) is 8.17. The van der Waals surface area contributed by atoms with Crippen molar-refractivity contribution in [3.63, 3.8) is 0 Å². The number of carbonyl (C=O) groups excluding carboxylic acids is 3. The first-order chi connectivity index (χ1) is 14.1. The summed E-state index contributed by atoms with van der Waals surface area (Å²) in [6, 6.07) is 12.3. The number of anilines is 2. The summed E-state index contributed by atoms with van der Waals surface area (Å²) in [4.78, 5) is 39.3. The molecule has 1 aliphatic rings. The normalized spacial score (nSPS) is 15.8. The molecule has 0 fully saturated rings. The molecule has 0 saturated heterocycles. The number of nitrogens with zero attached hydrogens (tertiary/aromatic N) is 1. The zero-order valence-electron chi connectivity index (χ0n) is 17.8. The summed E-state index contributed by atoms with van der Waals surface area (Å²) in [5.74, 6) is -0.726.